The van der Waals surface area contributed by atoms with Crippen molar-refractivity contribution in [3.8, 4) is 6.07 Å². The van der Waals surface area contributed by atoms with Gasteiger partial charge in [-0.1, -0.05) is 17.7 Å². The van der Waals surface area contributed by atoms with Gasteiger partial charge >= 0.3 is 0 Å². The van der Waals surface area contributed by atoms with E-state index in [1.165, 1.54) is 12.5 Å². The highest BCUT2D eigenvalue weighted by atomic mass is 35.5. The number of hydrogen-bond donors (Lipinski definition) is 0. The molecule has 0 unspecified atom stereocenters. The lowest BCUT2D eigenvalue weighted by Crippen LogP contribution is -1.85. The van der Waals surface area contributed by atoms with Gasteiger partial charge in [0.25, 0.3) is 0 Å². The molecule has 3 nitrogen and oxygen atoms in total. The van der Waals surface area contributed by atoms with Crippen LogP contribution in [0.15, 0.2) is 47.5 Å². The van der Waals surface area contributed by atoms with Gasteiger partial charge in [0.1, 0.15) is 6.07 Å². The van der Waals surface area contributed by atoms with Gasteiger partial charge in [0.2, 0.25) is 0 Å². The second-order valence-electron chi connectivity index (χ2n) is 3.05. The van der Waals surface area contributed by atoms with Crippen molar-refractivity contribution in [2.45, 2.75) is 0 Å². The molecule has 2 heterocycles. The van der Waals surface area contributed by atoms with Crippen molar-refractivity contribution in [3.63, 3.8) is 0 Å². The normalized spacial score (nSPS) is 11.8. The predicted octanol–water partition coefficient (Wildman–Crippen LogP) is 3.31. The van der Waals surface area contributed by atoms with Crippen molar-refractivity contribution in [2.24, 2.45) is 0 Å². The SMILES string of the molecule is N#C/C(=C(/Cl)c1ccoc1)c1cccnc1. The number of pyridine rings is 1. The molecule has 0 bridgehead atoms. The first-order chi connectivity index (χ1) is 7.83. The maximum atomic E-state index is 9.10. The Hall–Kier alpha value is -2.05. The number of rotatable bonds is 2. The molecule has 16 heavy (non-hydrogen) atoms. The standard InChI is InChI=1S/C12H7ClN2O/c13-12(10-3-5-16-8-10)11(6-14)9-2-1-4-15-7-9/h1-5,7-8H/b12-11-. The van der Waals surface area contributed by atoms with Crippen LogP contribution in [-0.4, -0.2) is 4.98 Å². The minimum absolute atomic E-state index is 0.365. The maximum absolute atomic E-state index is 9.10. The van der Waals surface area contributed by atoms with E-state index in [0.29, 0.717) is 21.7 Å². The minimum Gasteiger partial charge on any atom is -0.472 e. The van der Waals surface area contributed by atoms with Crippen molar-refractivity contribution < 1.29 is 4.42 Å². The molecule has 2 aromatic rings. The van der Waals surface area contributed by atoms with Crippen molar-refractivity contribution in [2.75, 3.05) is 0 Å². The summed E-state index contributed by atoms with van der Waals surface area (Å²) in [5, 5.41) is 9.46. The molecule has 0 aromatic carbocycles. The molecule has 0 saturated carbocycles. The minimum atomic E-state index is 0.365. The van der Waals surface area contributed by atoms with E-state index >= 15 is 0 Å². The first-order valence-corrected chi connectivity index (χ1v) is 4.93. The lowest BCUT2D eigenvalue weighted by Gasteiger charge is -2.00. The molecule has 0 saturated heterocycles. The van der Waals surface area contributed by atoms with Gasteiger partial charge in [-0.25, -0.2) is 0 Å². The predicted molar refractivity (Wildman–Crippen MR) is 61.2 cm³/mol. The number of halogens is 1. The Morgan fingerprint density at radius 3 is 2.81 bits per heavy atom. The average molecular weight is 231 g/mol. The van der Waals surface area contributed by atoms with Gasteiger partial charge in [-0.2, -0.15) is 5.26 Å². The Balaban J connectivity index is 2.52. The van der Waals surface area contributed by atoms with Crippen LogP contribution in [0.3, 0.4) is 0 Å². The van der Waals surface area contributed by atoms with Crippen LogP contribution < -0.4 is 0 Å². The highest BCUT2D eigenvalue weighted by molar-refractivity contribution is 6.53. The summed E-state index contributed by atoms with van der Waals surface area (Å²) >= 11 is 6.12. The molecule has 0 aliphatic rings. The van der Waals surface area contributed by atoms with Gasteiger partial charge < -0.3 is 4.42 Å². The molecular formula is C12H7ClN2O. The maximum Gasteiger partial charge on any atom is 0.101 e. The Kier molecular flexibility index (Phi) is 3.04. The molecule has 2 aromatic heterocycles. The average Bonchev–Trinajstić information content (AvgIpc) is 2.85. The number of nitriles is 1. The summed E-state index contributed by atoms with van der Waals surface area (Å²) in [5.41, 5.74) is 1.76. The monoisotopic (exact) mass is 230 g/mol. The third-order valence-corrected chi connectivity index (χ3v) is 2.46. The van der Waals surface area contributed by atoms with E-state index in [0.717, 1.165) is 0 Å². The smallest absolute Gasteiger partial charge is 0.101 e. The lowest BCUT2D eigenvalue weighted by molar-refractivity contribution is 0.566. The molecular weight excluding hydrogens is 224 g/mol. The van der Waals surface area contributed by atoms with Gasteiger partial charge in [0.05, 0.1) is 23.1 Å². The van der Waals surface area contributed by atoms with E-state index in [9.17, 15) is 0 Å². The van der Waals surface area contributed by atoms with Crippen LogP contribution in [0.2, 0.25) is 0 Å². The zero-order chi connectivity index (χ0) is 11.4. The summed E-state index contributed by atoms with van der Waals surface area (Å²) in [6, 6.07) is 7.32. The Morgan fingerprint density at radius 2 is 2.25 bits per heavy atom. The topological polar surface area (TPSA) is 49.8 Å². The number of allylic oxidation sites excluding steroid dienone is 1. The Morgan fingerprint density at radius 1 is 1.38 bits per heavy atom. The molecule has 0 aliphatic heterocycles. The van der Waals surface area contributed by atoms with Crippen LogP contribution in [0.5, 0.6) is 0 Å². The summed E-state index contributed by atoms with van der Waals surface area (Å²) in [6.07, 6.45) is 6.25. The molecule has 78 valence electrons. The van der Waals surface area contributed by atoms with Gasteiger partial charge in [-0.15, -0.1) is 0 Å². The molecule has 2 rings (SSSR count). The number of nitrogens with zero attached hydrogens (tertiary/aromatic N) is 2. The summed E-state index contributed by atoms with van der Waals surface area (Å²) in [6.45, 7) is 0. The van der Waals surface area contributed by atoms with Gasteiger partial charge in [0.15, 0.2) is 0 Å². The molecule has 4 heteroatoms. The quantitative estimate of drug-likeness (QED) is 0.744. The number of aromatic nitrogens is 1. The van der Waals surface area contributed by atoms with E-state index in [4.69, 9.17) is 21.3 Å². The molecule has 0 amide bonds. The zero-order valence-electron chi connectivity index (χ0n) is 8.22. The van der Waals surface area contributed by atoms with E-state index in [-0.39, 0.29) is 0 Å². The van der Waals surface area contributed by atoms with Crippen LogP contribution in [0.4, 0.5) is 0 Å². The van der Waals surface area contributed by atoms with Crippen molar-refractivity contribution in [3.05, 3.63) is 54.2 Å². The Bertz CT molecular complexity index is 538. The highest BCUT2D eigenvalue weighted by Crippen LogP contribution is 2.28. The molecule has 0 radical (unpaired) electrons. The van der Waals surface area contributed by atoms with Crippen molar-refractivity contribution >= 4 is 22.2 Å². The Labute approximate surface area is 97.6 Å². The van der Waals surface area contributed by atoms with Crippen LogP contribution in [0.1, 0.15) is 11.1 Å². The van der Waals surface area contributed by atoms with Crippen LogP contribution in [0.25, 0.3) is 10.6 Å². The third kappa shape index (κ3) is 1.97. The molecule has 0 spiro atoms. The van der Waals surface area contributed by atoms with Gasteiger partial charge in [-0.3, -0.25) is 4.98 Å². The van der Waals surface area contributed by atoms with E-state index in [1.54, 1.807) is 30.6 Å². The third-order valence-electron chi connectivity index (χ3n) is 2.06. The summed E-state index contributed by atoms with van der Waals surface area (Å²) in [7, 11) is 0. The summed E-state index contributed by atoms with van der Waals surface area (Å²) < 4.78 is 4.92. The van der Waals surface area contributed by atoms with E-state index in [1.807, 2.05) is 0 Å². The molecule has 0 atom stereocenters. The van der Waals surface area contributed by atoms with Crippen LogP contribution >= 0.6 is 11.6 Å². The first-order valence-electron chi connectivity index (χ1n) is 4.56. The largest absolute Gasteiger partial charge is 0.472 e. The van der Waals surface area contributed by atoms with Crippen LogP contribution in [-0.2, 0) is 0 Å². The fraction of sp³-hybridized carbons (Fsp3) is 0. The fourth-order valence-electron chi connectivity index (χ4n) is 1.28. The van der Waals surface area contributed by atoms with Crippen molar-refractivity contribution in [1.82, 2.24) is 4.98 Å². The van der Waals surface area contributed by atoms with Crippen LogP contribution in [0, 0.1) is 11.3 Å². The van der Waals surface area contributed by atoms with Gasteiger partial charge in [0, 0.05) is 23.5 Å². The zero-order valence-corrected chi connectivity index (χ0v) is 8.98. The highest BCUT2D eigenvalue weighted by Gasteiger charge is 2.10. The number of furan rings is 1. The lowest BCUT2D eigenvalue weighted by atomic mass is 10.1. The summed E-state index contributed by atoms with van der Waals surface area (Å²) in [5.74, 6) is 0. The van der Waals surface area contributed by atoms with Crippen molar-refractivity contribution in [1.29, 1.82) is 5.26 Å². The molecule has 0 N–H and O–H groups in total. The number of hydrogen-bond acceptors (Lipinski definition) is 3. The molecule has 0 aliphatic carbocycles. The molecule has 0 fully saturated rings. The van der Waals surface area contributed by atoms with E-state index in [2.05, 4.69) is 11.1 Å². The second kappa shape index (κ2) is 4.65. The first kappa shape index (κ1) is 10.5. The fourth-order valence-corrected chi connectivity index (χ4v) is 1.54. The van der Waals surface area contributed by atoms with E-state index < -0.39 is 0 Å². The second-order valence-corrected chi connectivity index (χ2v) is 3.43. The van der Waals surface area contributed by atoms with Gasteiger partial charge in [-0.05, 0) is 12.1 Å². The summed E-state index contributed by atoms with van der Waals surface area (Å²) in [4.78, 5) is 3.95.